The lowest BCUT2D eigenvalue weighted by atomic mass is 10.1. The second-order valence-corrected chi connectivity index (χ2v) is 11.0. The lowest BCUT2D eigenvalue weighted by Gasteiger charge is -2.32. The quantitative estimate of drug-likeness (QED) is 0.273. The van der Waals surface area contributed by atoms with Gasteiger partial charge in [0.05, 0.1) is 10.6 Å². The zero-order valence-corrected chi connectivity index (χ0v) is 22.3. The number of carbonyl (C=O) groups is 1. The summed E-state index contributed by atoms with van der Waals surface area (Å²) >= 11 is 12.9. The minimum Gasteiger partial charge on any atom is -0.457 e. The van der Waals surface area contributed by atoms with E-state index < -0.39 is 0 Å². The van der Waals surface area contributed by atoms with Crippen LogP contribution >= 0.6 is 35.6 Å². The highest BCUT2D eigenvalue weighted by Crippen LogP contribution is 2.36. The van der Waals surface area contributed by atoms with Gasteiger partial charge in [-0.15, -0.1) is 0 Å². The molecule has 0 aliphatic carbocycles. The van der Waals surface area contributed by atoms with Crippen LogP contribution in [0.15, 0.2) is 77.7 Å². The highest BCUT2D eigenvalue weighted by atomic mass is 35.5. The van der Waals surface area contributed by atoms with Gasteiger partial charge in [-0.05, 0) is 72.8 Å². The summed E-state index contributed by atoms with van der Waals surface area (Å²) in [6.45, 7) is 5.12. The van der Waals surface area contributed by atoms with Gasteiger partial charge >= 0.3 is 0 Å². The Labute approximate surface area is 226 Å². The van der Waals surface area contributed by atoms with E-state index in [1.54, 1.807) is 17.0 Å². The molecule has 184 valence electrons. The van der Waals surface area contributed by atoms with Crippen molar-refractivity contribution >= 4 is 57.6 Å². The molecule has 5 rings (SSSR count). The SMILES string of the molecule is CN1CCN(Cc2cccc(N3C(=O)/C(=C/c4ccc(Oc5ccc(Cl)cc5)cc4)SC3=S)c2)CC1. The van der Waals surface area contributed by atoms with E-state index in [0.717, 1.165) is 44.0 Å². The van der Waals surface area contributed by atoms with Crippen molar-refractivity contribution in [2.24, 2.45) is 0 Å². The van der Waals surface area contributed by atoms with Gasteiger partial charge in [0.15, 0.2) is 4.32 Å². The van der Waals surface area contributed by atoms with Gasteiger partial charge in [-0.1, -0.05) is 59.8 Å². The monoisotopic (exact) mass is 535 g/mol. The zero-order chi connectivity index (χ0) is 25.1. The maximum absolute atomic E-state index is 13.3. The second-order valence-electron chi connectivity index (χ2n) is 8.89. The van der Waals surface area contributed by atoms with E-state index >= 15 is 0 Å². The number of anilines is 1. The van der Waals surface area contributed by atoms with E-state index in [2.05, 4.69) is 29.0 Å². The van der Waals surface area contributed by atoms with Gasteiger partial charge in [0.25, 0.3) is 5.91 Å². The molecule has 0 bridgehead atoms. The third-order valence-corrected chi connectivity index (χ3v) is 7.75. The van der Waals surface area contributed by atoms with Crippen LogP contribution in [0.25, 0.3) is 6.08 Å². The first kappa shape index (κ1) is 25.0. The number of halogens is 1. The smallest absolute Gasteiger partial charge is 0.270 e. The summed E-state index contributed by atoms with van der Waals surface area (Å²) in [4.78, 5) is 20.3. The molecule has 2 aliphatic rings. The normalized spacial score (nSPS) is 18.3. The molecule has 8 heteroatoms. The van der Waals surface area contributed by atoms with E-state index in [1.165, 1.54) is 17.3 Å². The summed E-state index contributed by atoms with van der Waals surface area (Å²) in [7, 11) is 2.16. The third kappa shape index (κ3) is 5.99. The van der Waals surface area contributed by atoms with Crippen molar-refractivity contribution in [3.8, 4) is 11.5 Å². The maximum atomic E-state index is 13.3. The lowest BCUT2D eigenvalue weighted by molar-refractivity contribution is -0.113. The molecule has 0 radical (unpaired) electrons. The van der Waals surface area contributed by atoms with E-state index in [0.29, 0.717) is 25.7 Å². The van der Waals surface area contributed by atoms with Crippen molar-refractivity contribution in [2.75, 3.05) is 38.1 Å². The Morgan fingerprint density at radius 2 is 1.64 bits per heavy atom. The number of benzene rings is 3. The number of hydrogen-bond acceptors (Lipinski definition) is 6. The molecule has 2 aliphatic heterocycles. The van der Waals surface area contributed by atoms with Gasteiger partial charge in [0.1, 0.15) is 11.5 Å². The maximum Gasteiger partial charge on any atom is 0.270 e. The number of likely N-dealkylation sites (N-methyl/N-ethyl adjacent to an activating group) is 1. The fraction of sp³-hybridized carbons (Fsp3) is 0.214. The molecular formula is C28H26ClN3O2S2. The number of nitrogens with zero attached hydrogens (tertiary/aromatic N) is 3. The highest BCUT2D eigenvalue weighted by Gasteiger charge is 2.33. The summed E-state index contributed by atoms with van der Waals surface area (Å²) < 4.78 is 6.40. The topological polar surface area (TPSA) is 36.0 Å². The summed E-state index contributed by atoms with van der Waals surface area (Å²) in [6, 6.07) is 23.0. The Morgan fingerprint density at radius 1 is 0.972 bits per heavy atom. The third-order valence-electron chi connectivity index (χ3n) is 6.19. The zero-order valence-electron chi connectivity index (χ0n) is 19.9. The summed E-state index contributed by atoms with van der Waals surface area (Å²) in [5.74, 6) is 1.32. The van der Waals surface area contributed by atoms with Crippen molar-refractivity contribution < 1.29 is 9.53 Å². The molecule has 0 aromatic heterocycles. The molecule has 2 fully saturated rings. The van der Waals surface area contributed by atoms with Gasteiger partial charge in [-0.3, -0.25) is 14.6 Å². The Kier molecular flexibility index (Phi) is 7.74. The molecule has 2 heterocycles. The number of piperazine rings is 1. The Balaban J connectivity index is 1.27. The van der Waals surface area contributed by atoms with Crippen LogP contribution in [0.2, 0.25) is 5.02 Å². The minimum atomic E-state index is -0.0942. The van der Waals surface area contributed by atoms with Crippen molar-refractivity contribution in [2.45, 2.75) is 6.54 Å². The Morgan fingerprint density at radius 3 is 2.33 bits per heavy atom. The van der Waals surface area contributed by atoms with Crippen LogP contribution in [0.3, 0.4) is 0 Å². The van der Waals surface area contributed by atoms with Gasteiger partial charge < -0.3 is 9.64 Å². The fourth-order valence-electron chi connectivity index (χ4n) is 4.17. The molecule has 0 unspecified atom stereocenters. The van der Waals surface area contributed by atoms with Gasteiger partial charge in [-0.25, -0.2) is 0 Å². The molecule has 2 saturated heterocycles. The number of amides is 1. The van der Waals surface area contributed by atoms with Crippen LogP contribution in [-0.4, -0.2) is 53.3 Å². The van der Waals surface area contributed by atoms with E-state index in [4.69, 9.17) is 28.6 Å². The molecule has 1 amide bonds. The number of rotatable bonds is 6. The first-order valence-corrected chi connectivity index (χ1v) is 13.4. The number of carbonyl (C=O) groups excluding carboxylic acids is 1. The van der Waals surface area contributed by atoms with Crippen LogP contribution in [0, 0.1) is 0 Å². The molecule has 3 aromatic carbocycles. The molecule has 0 spiro atoms. The Hall–Kier alpha value is -2.68. The van der Waals surface area contributed by atoms with Crippen molar-refractivity contribution in [3.05, 3.63) is 93.9 Å². The number of ether oxygens (including phenoxy) is 1. The summed E-state index contributed by atoms with van der Waals surface area (Å²) in [5, 5.41) is 0.664. The van der Waals surface area contributed by atoms with Gasteiger partial charge in [0.2, 0.25) is 0 Å². The largest absolute Gasteiger partial charge is 0.457 e. The molecule has 0 saturated carbocycles. The highest BCUT2D eigenvalue weighted by molar-refractivity contribution is 8.27. The van der Waals surface area contributed by atoms with Crippen molar-refractivity contribution in [1.82, 2.24) is 9.80 Å². The van der Waals surface area contributed by atoms with E-state index in [1.807, 2.05) is 54.6 Å². The molecule has 3 aromatic rings. The van der Waals surface area contributed by atoms with E-state index in [-0.39, 0.29) is 5.91 Å². The molecule has 5 nitrogen and oxygen atoms in total. The van der Waals surface area contributed by atoms with Crippen LogP contribution in [0.4, 0.5) is 5.69 Å². The number of thiocarbonyl (C=S) groups is 1. The fourth-order valence-corrected chi connectivity index (χ4v) is 5.60. The van der Waals surface area contributed by atoms with Crippen LogP contribution in [0.5, 0.6) is 11.5 Å². The summed E-state index contributed by atoms with van der Waals surface area (Å²) in [6.07, 6.45) is 1.87. The molecule has 0 atom stereocenters. The first-order valence-electron chi connectivity index (χ1n) is 11.8. The number of thioether (sulfide) groups is 1. The predicted octanol–water partition coefficient (Wildman–Crippen LogP) is 6.29. The number of hydrogen-bond donors (Lipinski definition) is 0. The molecular weight excluding hydrogens is 510 g/mol. The standard InChI is InChI=1S/C28H26ClN3O2S2/c1-30-13-15-31(16-14-30)19-21-3-2-4-23(17-21)32-27(33)26(36-28(32)35)18-20-5-9-24(10-6-20)34-25-11-7-22(29)8-12-25/h2-12,17-18H,13-16,19H2,1H3/b26-18-. The van der Waals surface area contributed by atoms with Gasteiger partial charge in [0, 0.05) is 37.7 Å². The Bertz CT molecular complexity index is 1290. The van der Waals surface area contributed by atoms with Crippen LogP contribution < -0.4 is 9.64 Å². The molecule has 36 heavy (non-hydrogen) atoms. The van der Waals surface area contributed by atoms with Gasteiger partial charge in [-0.2, -0.15) is 0 Å². The minimum absolute atomic E-state index is 0.0942. The average molecular weight is 536 g/mol. The van der Waals surface area contributed by atoms with Crippen molar-refractivity contribution in [1.29, 1.82) is 0 Å². The van der Waals surface area contributed by atoms with Crippen LogP contribution in [-0.2, 0) is 11.3 Å². The summed E-state index contributed by atoms with van der Waals surface area (Å²) in [5.41, 5.74) is 2.91. The van der Waals surface area contributed by atoms with Crippen molar-refractivity contribution in [3.63, 3.8) is 0 Å². The van der Waals surface area contributed by atoms with Crippen LogP contribution in [0.1, 0.15) is 11.1 Å². The second kappa shape index (κ2) is 11.2. The lowest BCUT2D eigenvalue weighted by Crippen LogP contribution is -2.43. The molecule has 0 N–H and O–H groups in total. The van der Waals surface area contributed by atoms with E-state index in [9.17, 15) is 4.79 Å². The predicted molar refractivity (Wildman–Crippen MR) is 153 cm³/mol. The first-order chi connectivity index (χ1) is 17.4. The average Bonchev–Trinajstić information content (AvgIpc) is 3.16.